The van der Waals surface area contributed by atoms with Crippen LogP contribution in [0.3, 0.4) is 0 Å². The molecule has 1 unspecified atom stereocenters. The predicted octanol–water partition coefficient (Wildman–Crippen LogP) is 4.63. The smallest absolute Gasteiger partial charge is 0.304 e. The summed E-state index contributed by atoms with van der Waals surface area (Å²) in [4.78, 5) is 10.6. The van der Waals surface area contributed by atoms with Crippen LogP contribution in [0, 0.1) is 0 Å². The summed E-state index contributed by atoms with van der Waals surface area (Å²) in [7, 11) is 0. The quantitative estimate of drug-likeness (QED) is 0.818. The summed E-state index contributed by atoms with van der Waals surface area (Å²) in [5.41, 5.74) is 2.95. The van der Waals surface area contributed by atoms with Gasteiger partial charge in [0, 0.05) is 16.0 Å². The van der Waals surface area contributed by atoms with Crippen LogP contribution in [0.5, 0.6) is 0 Å². The number of alkyl halides is 1. The average Bonchev–Trinajstić information content (AvgIpc) is 2.38. The van der Waals surface area contributed by atoms with Gasteiger partial charge in [0.05, 0.1) is 6.42 Å². The zero-order valence-corrected chi connectivity index (χ0v) is 12.2. The normalized spacial score (nSPS) is 12.1. The minimum atomic E-state index is -0.892. The van der Waals surface area contributed by atoms with Crippen molar-refractivity contribution in [3.8, 4) is 11.1 Å². The number of hydrogen-bond acceptors (Lipinski definition) is 1. The van der Waals surface area contributed by atoms with Gasteiger partial charge in [-0.05, 0) is 23.6 Å². The number of hydrogen-bond donors (Lipinski definition) is 1. The van der Waals surface area contributed by atoms with Crippen molar-refractivity contribution >= 4 is 29.2 Å². The molecule has 2 nitrogen and oxygen atoms in total. The van der Waals surface area contributed by atoms with Crippen LogP contribution in [0.4, 0.5) is 0 Å². The zero-order valence-electron chi connectivity index (χ0n) is 10.7. The van der Waals surface area contributed by atoms with Gasteiger partial charge in [0.15, 0.2) is 0 Å². The van der Waals surface area contributed by atoms with Crippen LogP contribution >= 0.6 is 23.2 Å². The molecule has 0 spiro atoms. The van der Waals surface area contributed by atoms with Crippen molar-refractivity contribution in [2.45, 2.75) is 18.2 Å². The first-order valence-electron chi connectivity index (χ1n) is 6.26. The fourth-order valence-electron chi connectivity index (χ4n) is 2.05. The lowest BCUT2D eigenvalue weighted by atomic mass is 10.0. The molecule has 0 radical (unpaired) electrons. The lowest BCUT2D eigenvalue weighted by Crippen LogP contribution is -2.10. The molecular weight excluding hydrogens is 295 g/mol. The van der Waals surface area contributed by atoms with Crippen LogP contribution in [-0.4, -0.2) is 16.5 Å². The highest BCUT2D eigenvalue weighted by molar-refractivity contribution is 6.33. The molecule has 104 valence electrons. The molecule has 0 heterocycles. The molecule has 0 aliphatic carbocycles. The van der Waals surface area contributed by atoms with E-state index in [0.29, 0.717) is 11.4 Å². The Bertz CT molecular complexity index is 597. The van der Waals surface area contributed by atoms with Crippen molar-refractivity contribution in [2.24, 2.45) is 0 Å². The van der Waals surface area contributed by atoms with Gasteiger partial charge in [0.1, 0.15) is 0 Å². The second-order valence-electron chi connectivity index (χ2n) is 4.58. The van der Waals surface area contributed by atoms with Crippen LogP contribution in [-0.2, 0) is 11.2 Å². The molecule has 0 saturated heterocycles. The van der Waals surface area contributed by atoms with Gasteiger partial charge in [0.2, 0.25) is 0 Å². The van der Waals surface area contributed by atoms with Crippen molar-refractivity contribution in [3.63, 3.8) is 0 Å². The molecule has 1 N–H and O–H groups in total. The highest BCUT2D eigenvalue weighted by Crippen LogP contribution is 2.29. The Labute approximate surface area is 128 Å². The molecule has 0 amide bonds. The summed E-state index contributed by atoms with van der Waals surface area (Å²) < 4.78 is 0. The third-order valence-electron chi connectivity index (χ3n) is 2.97. The summed E-state index contributed by atoms with van der Waals surface area (Å²) >= 11 is 12.3. The number of halogens is 2. The van der Waals surface area contributed by atoms with E-state index in [2.05, 4.69) is 0 Å². The standard InChI is InChI=1S/C16H14Cl2O2/c17-13(10-16(19)20)8-11-6-7-14(15(18)9-11)12-4-2-1-3-5-12/h1-7,9,13H,8,10H2,(H,19,20). The van der Waals surface area contributed by atoms with E-state index in [1.807, 2.05) is 48.5 Å². The molecule has 0 saturated carbocycles. The summed E-state index contributed by atoms with van der Waals surface area (Å²) in [5.74, 6) is -0.892. The topological polar surface area (TPSA) is 37.3 Å². The van der Waals surface area contributed by atoms with Gasteiger partial charge >= 0.3 is 5.97 Å². The third kappa shape index (κ3) is 3.99. The van der Waals surface area contributed by atoms with Gasteiger partial charge in [-0.3, -0.25) is 4.79 Å². The minimum Gasteiger partial charge on any atom is -0.481 e. The highest BCUT2D eigenvalue weighted by Gasteiger charge is 2.12. The molecule has 0 bridgehead atoms. The Morgan fingerprint density at radius 3 is 2.45 bits per heavy atom. The van der Waals surface area contributed by atoms with Crippen LogP contribution < -0.4 is 0 Å². The molecule has 1 atom stereocenters. The first-order valence-corrected chi connectivity index (χ1v) is 7.07. The summed E-state index contributed by atoms with van der Waals surface area (Å²) in [6.07, 6.45) is 0.433. The molecular formula is C16H14Cl2O2. The first-order chi connectivity index (χ1) is 9.56. The molecule has 0 fully saturated rings. The largest absolute Gasteiger partial charge is 0.481 e. The maximum absolute atomic E-state index is 10.6. The van der Waals surface area contributed by atoms with E-state index in [-0.39, 0.29) is 6.42 Å². The van der Waals surface area contributed by atoms with Crippen molar-refractivity contribution in [1.29, 1.82) is 0 Å². The predicted molar refractivity (Wildman–Crippen MR) is 82.5 cm³/mol. The Kier molecular flexibility index (Phi) is 5.05. The average molecular weight is 309 g/mol. The second kappa shape index (κ2) is 6.78. The van der Waals surface area contributed by atoms with Crippen molar-refractivity contribution in [1.82, 2.24) is 0 Å². The molecule has 2 aromatic carbocycles. The molecule has 2 aromatic rings. The van der Waals surface area contributed by atoms with Gasteiger partial charge < -0.3 is 5.11 Å². The molecule has 20 heavy (non-hydrogen) atoms. The van der Waals surface area contributed by atoms with Crippen molar-refractivity contribution < 1.29 is 9.90 Å². The van der Waals surface area contributed by atoms with Gasteiger partial charge in [-0.2, -0.15) is 0 Å². The second-order valence-corrected chi connectivity index (χ2v) is 5.60. The van der Waals surface area contributed by atoms with Crippen LogP contribution in [0.2, 0.25) is 5.02 Å². The van der Waals surface area contributed by atoms with Gasteiger partial charge in [-0.15, -0.1) is 11.6 Å². The van der Waals surface area contributed by atoms with Crippen molar-refractivity contribution in [3.05, 3.63) is 59.1 Å². The number of rotatable bonds is 5. The lowest BCUT2D eigenvalue weighted by molar-refractivity contribution is -0.137. The number of carboxylic acids is 1. The number of aliphatic carboxylic acids is 1. The third-order valence-corrected chi connectivity index (χ3v) is 3.59. The van der Waals surface area contributed by atoms with Crippen LogP contribution in [0.1, 0.15) is 12.0 Å². The van der Waals surface area contributed by atoms with E-state index in [4.69, 9.17) is 28.3 Å². The molecule has 0 aliphatic heterocycles. The minimum absolute atomic E-state index is 0.0559. The molecule has 4 heteroatoms. The fraction of sp³-hybridized carbons (Fsp3) is 0.188. The monoisotopic (exact) mass is 308 g/mol. The Morgan fingerprint density at radius 1 is 1.15 bits per heavy atom. The van der Waals surface area contributed by atoms with Gasteiger partial charge in [-0.1, -0.05) is 54.1 Å². The lowest BCUT2D eigenvalue weighted by Gasteiger charge is -2.10. The maximum Gasteiger partial charge on any atom is 0.304 e. The molecule has 2 rings (SSSR count). The Balaban J connectivity index is 2.16. The van der Waals surface area contributed by atoms with E-state index in [1.165, 1.54) is 0 Å². The SMILES string of the molecule is O=C(O)CC(Cl)Cc1ccc(-c2ccccc2)c(Cl)c1. The number of benzene rings is 2. The summed E-state index contributed by atoms with van der Waals surface area (Å²) in [5, 5.41) is 8.92. The van der Waals surface area contributed by atoms with E-state index in [9.17, 15) is 4.79 Å². The number of carbonyl (C=O) groups is 1. The number of carboxylic acid groups (broad SMARTS) is 1. The first kappa shape index (κ1) is 14.9. The molecule has 0 aliphatic rings. The van der Waals surface area contributed by atoms with Gasteiger partial charge in [-0.25, -0.2) is 0 Å². The van der Waals surface area contributed by atoms with Crippen molar-refractivity contribution in [2.75, 3.05) is 0 Å². The summed E-state index contributed by atoms with van der Waals surface area (Å²) in [6.45, 7) is 0. The molecule has 0 aromatic heterocycles. The van der Waals surface area contributed by atoms with E-state index < -0.39 is 11.3 Å². The van der Waals surface area contributed by atoms with E-state index in [1.54, 1.807) is 0 Å². The fourth-order valence-corrected chi connectivity index (χ4v) is 2.68. The Hall–Kier alpha value is -1.51. The van der Waals surface area contributed by atoms with Crippen LogP contribution in [0.15, 0.2) is 48.5 Å². The zero-order chi connectivity index (χ0) is 14.5. The van der Waals surface area contributed by atoms with E-state index >= 15 is 0 Å². The van der Waals surface area contributed by atoms with E-state index in [0.717, 1.165) is 16.7 Å². The highest BCUT2D eigenvalue weighted by atomic mass is 35.5. The van der Waals surface area contributed by atoms with Gasteiger partial charge in [0.25, 0.3) is 0 Å². The summed E-state index contributed by atoms with van der Waals surface area (Å²) in [6, 6.07) is 15.6. The Morgan fingerprint density at radius 2 is 1.85 bits per heavy atom. The van der Waals surface area contributed by atoms with Crippen LogP contribution in [0.25, 0.3) is 11.1 Å². The maximum atomic E-state index is 10.6.